The van der Waals surface area contributed by atoms with Gasteiger partial charge >= 0.3 is 5.97 Å². The van der Waals surface area contributed by atoms with Crippen molar-refractivity contribution in [2.75, 3.05) is 14.2 Å². The SMILES string of the molecule is COC(=O)c1cc(OC)c(Br)cc1O. The summed E-state index contributed by atoms with van der Waals surface area (Å²) >= 11 is 3.18. The van der Waals surface area contributed by atoms with E-state index >= 15 is 0 Å². The number of hydrogen-bond donors (Lipinski definition) is 1. The first-order valence-corrected chi connectivity index (χ1v) is 4.54. The van der Waals surface area contributed by atoms with E-state index in [4.69, 9.17) is 4.74 Å². The van der Waals surface area contributed by atoms with Crippen molar-refractivity contribution in [2.24, 2.45) is 0 Å². The summed E-state index contributed by atoms with van der Waals surface area (Å²) in [6, 6.07) is 2.79. The monoisotopic (exact) mass is 260 g/mol. The molecular formula is C9H9BrO4. The molecule has 1 aromatic carbocycles. The minimum atomic E-state index is -0.603. The Hall–Kier alpha value is -1.23. The average molecular weight is 261 g/mol. The third-order valence-corrected chi connectivity index (χ3v) is 2.30. The van der Waals surface area contributed by atoms with Gasteiger partial charge in [0.15, 0.2) is 0 Å². The van der Waals surface area contributed by atoms with E-state index in [0.29, 0.717) is 10.2 Å². The molecule has 0 radical (unpaired) electrons. The number of hydrogen-bond acceptors (Lipinski definition) is 4. The highest BCUT2D eigenvalue weighted by atomic mass is 79.9. The third-order valence-electron chi connectivity index (χ3n) is 1.68. The largest absolute Gasteiger partial charge is 0.507 e. The van der Waals surface area contributed by atoms with Crippen LogP contribution in [0, 0.1) is 0 Å². The second-order valence-corrected chi connectivity index (χ2v) is 3.35. The van der Waals surface area contributed by atoms with Gasteiger partial charge in [-0.05, 0) is 28.1 Å². The number of phenols is 1. The van der Waals surface area contributed by atoms with E-state index in [1.807, 2.05) is 0 Å². The summed E-state index contributed by atoms with van der Waals surface area (Å²) in [5, 5.41) is 9.43. The first-order valence-electron chi connectivity index (χ1n) is 3.75. The first kappa shape index (κ1) is 10.8. The van der Waals surface area contributed by atoms with Crippen LogP contribution in [0.1, 0.15) is 10.4 Å². The molecule has 0 bridgehead atoms. The summed E-state index contributed by atoms with van der Waals surface area (Å²) in [7, 11) is 2.72. The van der Waals surface area contributed by atoms with Gasteiger partial charge in [0.2, 0.25) is 0 Å². The molecule has 0 aliphatic rings. The molecule has 0 spiro atoms. The Balaban J connectivity index is 3.24. The van der Waals surface area contributed by atoms with Crippen LogP contribution < -0.4 is 4.74 Å². The van der Waals surface area contributed by atoms with Gasteiger partial charge in [-0.1, -0.05) is 0 Å². The number of methoxy groups -OCH3 is 2. The molecule has 1 rings (SSSR count). The number of carbonyl (C=O) groups is 1. The number of halogens is 1. The summed E-state index contributed by atoms with van der Waals surface area (Å²) in [5.74, 6) is -0.291. The lowest BCUT2D eigenvalue weighted by atomic mass is 10.2. The van der Waals surface area contributed by atoms with Gasteiger partial charge in [0.25, 0.3) is 0 Å². The lowest BCUT2D eigenvalue weighted by Crippen LogP contribution is -2.02. The fraction of sp³-hybridized carbons (Fsp3) is 0.222. The Morgan fingerprint density at radius 3 is 2.57 bits per heavy atom. The van der Waals surface area contributed by atoms with Crippen molar-refractivity contribution in [2.45, 2.75) is 0 Å². The minimum Gasteiger partial charge on any atom is -0.507 e. The molecule has 0 amide bonds. The predicted octanol–water partition coefficient (Wildman–Crippen LogP) is 1.95. The number of carbonyl (C=O) groups excluding carboxylic acids is 1. The number of benzene rings is 1. The predicted molar refractivity (Wildman–Crippen MR) is 53.7 cm³/mol. The van der Waals surface area contributed by atoms with Gasteiger partial charge in [-0.25, -0.2) is 4.79 Å². The molecule has 0 saturated carbocycles. The van der Waals surface area contributed by atoms with Crippen LogP contribution >= 0.6 is 15.9 Å². The van der Waals surface area contributed by atoms with Gasteiger partial charge in [-0.3, -0.25) is 0 Å². The zero-order chi connectivity index (χ0) is 10.7. The number of rotatable bonds is 2. The van der Waals surface area contributed by atoms with E-state index in [9.17, 15) is 9.90 Å². The summed E-state index contributed by atoms with van der Waals surface area (Å²) in [6.45, 7) is 0. The van der Waals surface area contributed by atoms with Crippen LogP contribution in [-0.4, -0.2) is 25.3 Å². The number of aromatic hydroxyl groups is 1. The van der Waals surface area contributed by atoms with Gasteiger partial charge in [0.05, 0.1) is 18.7 Å². The van der Waals surface area contributed by atoms with Crippen LogP contribution in [-0.2, 0) is 4.74 Å². The van der Waals surface area contributed by atoms with E-state index in [-0.39, 0.29) is 11.3 Å². The number of esters is 1. The second kappa shape index (κ2) is 4.32. The molecule has 0 fully saturated rings. The van der Waals surface area contributed by atoms with Crippen molar-refractivity contribution in [3.05, 3.63) is 22.2 Å². The molecule has 0 aromatic heterocycles. The highest BCUT2D eigenvalue weighted by Crippen LogP contribution is 2.32. The minimum absolute atomic E-state index is 0.0764. The van der Waals surface area contributed by atoms with Gasteiger partial charge in [0.1, 0.15) is 17.1 Å². The van der Waals surface area contributed by atoms with Crippen LogP contribution in [0.15, 0.2) is 16.6 Å². The molecule has 0 heterocycles. The van der Waals surface area contributed by atoms with Crippen LogP contribution in [0.25, 0.3) is 0 Å². The molecular weight excluding hydrogens is 252 g/mol. The van der Waals surface area contributed by atoms with Gasteiger partial charge in [-0.15, -0.1) is 0 Å². The molecule has 5 heteroatoms. The highest BCUT2D eigenvalue weighted by Gasteiger charge is 2.14. The zero-order valence-electron chi connectivity index (χ0n) is 7.70. The molecule has 0 aliphatic heterocycles. The molecule has 76 valence electrons. The lowest BCUT2D eigenvalue weighted by Gasteiger charge is -2.07. The van der Waals surface area contributed by atoms with Crippen molar-refractivity contribution < 1.29 is 19.4 Å². The van der Waals surface area contributed by atoms with E-state index in [2.05, 4.69) is 20.7 Å². The molecule has 0 unspecified atom stereocenters. The molecule has 0 atom stereocenters. The molecule has 14 heavy (non-hydrogen) atoms. The first-order chi connectivity index (χ1) is 6.60. The molecule has 0 aliphatic carbocycles. The Morgan fingerprint density at radius 2 is 2.07 bits per heavy atom. The average Bonchev–Trinajstić information content (AvgIpc) is 2.17. The van der Waals surface area contributed by atoms with Crippen molar-refractivity contribution in [3.8, 4) is 11.5 Å². The summed E-state index contributed by atoms with van der Waals surface area (Å²) in [6.07, 6.45) is 0. The zero-order valence-corrected chi connectivity index (χ0v) is 9.29. The molecule has 1 N–H and O–H groups in total. The fourth-order valence-electron chi connectivity index (χ4n) is 0.973. The normalized spacial score (nSPS) is 9.64. The summed E-state index contributed by atoms with van der Waals surface area (Å²) in [5.41, 5.74) is 0.0764. The Kier molecular flexibility index (Phi) is 3.35. The Morgan fingerprint density at radius 1 is 1.43 bits per heavy atom. The summed E-state index contributed by atoms with van der Waals surface area (Å²) in [4.78, 5) is 11.2. The number of phenolic OH excluding ortho intramolecular Hbond substituents is 1. The van der Waals surface area contributed by atoms with Crippen LogP contribution in [0.2, 0.25) is 0 Å². The second-order valence-electron chi connectivity index (χ2n) is 2.50. The van der Waals surface area contributed by atoms with E-state index < -0.39 is 5.97 Å². The van der Waals surface area contributed by atoms with Gasteiger partial charge in [-0.2, -0.15) is 0 Å². The fourth-order valence-corrected chi connectivity index (χ4v) is 1.47. The maximum Gasteiger partial charge on any atom is 0.341 e. The van der Waals surface area contributed by atoms with Crippen LogP contribution in [0.3, 0.4) is 0 Å². The quantitative estimate of drug-likeness (QED) is 0.826. The molecule has 0 saturated heterocycles. The van der Waals surface area contributed by atoms with Gasteiger partial charge in [0, 0.05) is 0 Å². The maximum atomic E-state index is 11.2. The standard InChI is InChI=1S/C9H9BrO4/c1-13-8-3-5(9(12)14-2)7(11)4-6(8)10/h3-4,11H,1-2H3. The van der Waals surface area contributed by atoms with E-state index in [1.54, 1.807) is 0 Å². The van der Waals surface area contributed by atoms with Gasteiger partial charge < -0.3 is 14.6 Å². The van der Waals surface area contributed by atoms with Crippen molar-refractivity contribution >= 4 is 21.9 Å². The lowest BCUT2D eigenvalue weighted by molar-refractivity contribution is 0.0597. The highest BCUT2D eigenvalue weighted by molar-refractivity contribution is 9.10. The maximum absolute atomic E-state index is 11.2. The number of ether oxygens (including phenoxy) is 2. The van der Waals surface area contributed by atoms with Crippen molar-refractivity contribution in [1.82, 2.24) is 0 Å². The van der Waals surface area contributed by atoms with Crippen LogP contribution in [0.5, 0.6) is 11.5 Å². The smallest absolute Gasteiger partial charge is 0.341 e. The third kappa shape index (κ3) is 1.98. The summed E-state index contributed by atoms with van der Waals surface area (Å²) < 4.78 is 10.0. The molecule has 1 aromatic rings. The Bertz CT molecular complexity index is 362. The Labute approximate surface area is 89.6 Å². The van der Waals surface area contributed by atoms with Crippen LogP contribution in [0.4, 0.5) is 0 Å². The van der Waals surface area contributed by atoms with Crippen molar-refractivity contribution in [1.29, 1.82) is 0 Å². The van der Waals surface area contributed by atoms with Crippen molar-refractivity contribution in [3.63, 3.8) is 0 Å². The topological polar surface area (TPSA) is 55.8 Å². The molecule has 4 nitrogen and oxygen atoms in total. The van der Waals surface area contributed by atoms with E-state index in [1.165, 1.54) is 26.4 Å². The van der Waals surface area contributed by atoms with E-state index in [0.717, 1.165) is 0 Å².